The van der Waals surface area contributed by atoms with Gasteiger partial charge in [0.05, 0.1) is 12.0 Å². The minimum atomic E-state index is -3.51. The van der Waals surface area contributed by atoms with E-state index in [0.29, 0.717) is 30.1 Å². The SMILES string of the molecule is CCN(CC)S(=O)(=O)c1ccc(NC(=S)NC(=O)c2ccc(OC)cc2)cc1. The van der Waals surface area contributed by atoms with Crippen molar-refractivity contribution in [3.05, 3.63) is 54.1 Å². The number of carbonyl (C=O) groups excluding carboxylic acids is 1. The summed E-state index contributed by atoms with van der Waals surface area (Å²) in [4.78, 5) is 12.4. The molecule has 2 N–H and O–H groups in total. The van der Waals surface area contributed by atoms with Crippen LogP contribution in [0.25, 0.3) is 0 Å². The molecular weight excluding hydrogens is 398 g/mol. The number of anilines is 1. The van der Waals surface area contributed by atoms with Gasteiger partial charge in [-0.25, -0.2) is 8.42 Å². The molecule has 28 heavy (non-hydrogen) atoms. The van der Waals surface area contributed by atoms with Gasteiger partial charge in [0.25, 0.3) is 5.91 Å². The van der Waals surface area contributed by atoms with Gasteiger partial charge in [0.2, 0.25) is 10.0 Å². The van der Waals surface area contributed by atoms with E-state index < -0.39 is 10.0 Å². The van der Waals surface area contributed by atoms with Gasteiger partial charge in [-0.1, -0.05) is 13.8 Å². The first kappa shape index (κ1) is 21.8. The van der Waals surface area contributed by atoms with E-state index in [0.717, 1.165) is 0 Å². The number of rotatable bonds is 7. The molecule has 0 aromatic heterocycles. The zero-order valence-corrected chi connectivity index (χ0v) is 17.6. The van der Waals surface area contributed by atoms with Gasteiger partial charge in [0, 0.05) is 24.3 Å². The van der Waals surface area contributed by atoms with Crippen molar-refractivity contribution in [1.29, 1.82) is 0 Å². The van der Waals surface area contributed by atoms with Crippen LogP contribution in [-0.4, -0.2) is 43.9 Å². The van der Waals surface area contributed by atoms with Crippen molar-refractivity contribution in [1.82, 2.24) is 9.62 Å². The molecule has 0 heterocycles. The smallest absolute Gasteiger partial charge is 0.257 e. The number of methoxy groups -OCH3 is 1. The monoisotopic (exact) mass is 421 g/mol. The van der Waals surface area contributed by atoms with Crippen LogP contribution in [0.1, 0.15) is 24.2 Å². The largest absolute Gasteiger partial charge is 0.497 e. The Labute approximate surface area is 170 Å². The Kier molecular flexibility index (Phi) is 7.50. The van der Waals surface area contributed by atoms with E-state index in [1.165, 1.54) is 16.4 Å². The molecule has 0 spiro atoms. The zero-order chi connectivity index (χ0) is 20.7. The van der Waals surface area contributed by atoms with Crippen LogP contribution >= 0.6 is 12.2 Å². The molecule has 2 rings (SSSR count). The van der Waals surface area contributed by atoms with Crippen molar-refractivity contribution < 1.29 is 17.9 Å². The van der Waals surface area contributed by atoms with E-state index in [4.69, 9.17) is 17.0 Å². The molecule has 0 unspecified atom stereocenters. The molecule has 0 radical (unpaired) electrons. The highest BCUT2D eigenvalue weighted by molar-refractivity contribution is 7.89. The first-order valence-corrected chi connectivity index (χ1v) is 10.5. The Bertz CT molecular complexity index is 923. The molecule has 0 saturated heterocycles. The van der Waals surface area contributed by atoms with Crippen LogP contribution < -0.4 is 15.4 Å². The summed E-state index contributed by atoms with van der Waals surface area (Å²) in [5, 5.41) is 5.56. The molecule has 7 nitrogen and oxygen atoms in total. The number of thiocarbonyl (C=S) groups is 1. The summed E-state index contributed by atoms with van der Waals surface area (Å²) in [6.45, 7) is 4.39. The number of hydrogen-bond acceptors (Lipinski definition) is 5. The van der Waals surface area contributed by atoms with Crippen LogP contribution in [0.2, 0.25) is 0 Å². The first-order chi connectivity index (χ1) is 13.3. The Hall–Kier alpha value is -2.49. The Balaban J connectivity index is 2.01. The van der Waals surface area contributed by atoms with E-state index in [-0.39, 0.29) is 15.9 Å². The Morgan fingerprint density at radius 2 is 1.61 bits per heavy atom. The maximum Gasteiger partial charge on any atom is 0.257 e. The van der Waals surface area contributed by atoms with Crippen molar-refractivity contribution in [2.75, 3.05) is 25.5 Å². The molecule has 0 atom stereocenters. The number of nitrogens with zero attached hydrogens (tertiary/aromatic N) is 1. The van der Waals surface area contributed by atoms with E-state index >= 15 is 0 Å². The van der Waals surface area contributed by atoms with Gasteiger partial charge in [-0.05, 0) is 60.7 Å². The standard InChI is InChI=1S/C19H23N3O4S2/c1-4-22(5-2)28(24,25)17-12-8-15(9-13-17)20-19(27)21-18(23)14-6-10-16(26-3)11-7-14/h6-13H,4-5H2,1-3H3,(H2,20,21,23,27). The molecule has 150 valence electrons. The van der Waals surface area contributed by atoms with Gasteiger partial charge < -0.3 is 10.1 Å². The summed E-state index contributed by atoms with van der Waals surface area (Å²) in [5.74, 6) is 0.290. The number of nitrogens with one attached hydrogen (secondary N) is 2. The molecule has 2 aromatic carbocycles. The van der Waals surface area contributed by atoms with Crippen molar-refractivity contribution in [3.8, 4) is 5.75 Å². The summed E-state index contributed by atoms with van der Waals surface area (Å²) < 4.78 is 31.4. The summed E-state index contributed by atoms with van der Waals surface area (Å²) in [6.07, 6.45) is 0. The number of amides is 1. The maximum absolute atomic E-state index is 12.5. The highest BCUT2D eigenvalue weighted by Gasteiger charge is 2.21. The van der Waals surface area contributed by atoms with Gasteiger partial charge >= 0.3 is 0 Å². The number of ether oxygens (including phenoxy) is 1. The minimum Gasteiger partial charge on any atom is -0.497 e. The van der Waals surface area contributed by atoms with E-state index in [2.05, 4.69) is 10.6 Å². The van der Waals surface area contributed by atoms with E-state index in [1.54, 1.807) is 57.4 Å². The zero-order valence-electron chi connectivity index (χ0n) is 15.9. The average Bonchev–Trinajstić information content (AvgIpc) is 2.69. The predicted octanol–water partition coefficient (Wildman–Crippen LogP) is 2.85. The molecule has 9 heteroatoms. The molecule has 0 saturated carbocycles. The number of benzene rings is 2. The molecule has 2 aromatic rings. The topological polar surface area (TPSA) is 87.7 Å². The van der Waals surface area contributed by atoms with Crippen LogP contribution in [0.5, 0.6) is 5.75 Å². The number of carbonyl (C=O) groups is 1. The number of hydrogen-bond donors (Lipinski definition) is 2. The maximum atomic E-state index is 12.5. The fourth-order valence-corrected chi connectivity index (χ4v) is 4.17. The fourth-order valence-electron chi connectivity index (χ4n) is 2.50. The molecule has 1 amide bonds. The van der Waals surface area contributed by atoms with Gasteiger partial charge in [-0.3, -0.25) is 10.1 Å². The summed E-state index contributed by atoms with van der Waals surface area (Å²) in [5.41, 5.74) is 1.00. The normalized spacial score (nSPS) is 11.1. The third-order valence-electron chi connectivity index (χ3n) is 4.03. The van der Waals surface area contributed by atoms with Crippen LogP contribution in [0.4, 0.5) is 5.69 Å². The molecule has 0 bridgehead atoms. The fraction of sp³-hybridized carbons (Fsp3) is 0.263. The molecule has 0 aliphatic rings. The highest BCUT2D eigenvalue weighted by Crippen LogP contribution is 2.18. The second-order valence-electron chi connectivity index (χ2n) is 5.75. The highest BCUT2D eigenvalue weighted by atomic mass is 32.2. The van der Waals surface area contributed by atoms with Gasteiger partial charge in [-0.2, -0.15) is 4.31 Å². The quantitative estimate of drug-likeness (QED) is 0.669. The van der Waals surface area contributed by atoms with Crippen molar-refractivity contribution in [2.24, 2.45) is 0 Å². The van der Waals surface area contributed by atoms with Crippen LogP contribution in [0, 0.1) is 0 Å². The predicted molar refractivity (Wildman–Crippen MR) is 113 cm³/mol. The third-order valence-corrected chi connectivity index (χ3v) is 6.30. The summed E-state index contributed by atoms with van der Waals surface area (Å²) in [7, 11) is -1.97. The minimum absolute atomic E-state index is 0.111. The summed E-state index contributed by atoms with van der Waals surface area (Å²) in [6, 6.07) is 12.8. The average molecular weight is 422 g/mol. The van der Waals surface area contributed by atoms with Crippen molar-refractivity contribution in [2.45, 2.75) is 18.7 Å². The van der Waals surface area contributed by atoms with Crippen LogP contribution in [0.15, 0.2) is 53.4 Å². The van der Waals surface area contributed by atoms with Gasteiger partial charge in [0.15, 0.2) is 5.11 Å². The lowest BCUT2D eigenvalue weighted by molar-refractivity contribution is 0.0977. The molecular formula is C19H23N3O4S2. The van der Waals surface area contributed by atoms with Crippen LogP contribution in [0.3, 0.4) is 0 Å². The van der Waals surface area contributed by atoms with Crippen molar-refractivity contribution in [3.63, 3.8) is 0 Å². The number of sulfonamides is 1. The second-order valence-corrected chi connectivity index (χ2v) is 8.10. The lowest BCUT2D eigenvalue weighted by Crippen LogP contribution is -2.34. The van der Waals surface area contributed by atoms with E-state index in [1.807, 2.05) is 0 Å². The second kappa shape index (κ2) is 9.63. The lowest BCUT2D eigenvalue weighted by atomic mass is 10.2. The van der Waals surface area contributed by atoms with Crippen molar-refractivity contribution >= 4 is 38.9 Å². The van der Waals surface area contributed by atoms with Crippen LogP contribution in [-0.2, 0) is 10.0 Å². The Morgan fingerprint density at radius 3 is 2.11 bits per heavy atom. The molecule has 0 fully saturated rings. The molecule has 0 aliphatic carbocycles. The van der Waals surface area contributed by atoms with Gasteiger partial charge in [-0.15, -0.1) is 0 Å². The van der Waals surface area contributed by atoms with Gasteiger partial charge in [0.1, 0.15) is 5.75 Å². The Morgan fingerprint density at radius 1 is 1.04 bits per heavy atom. The first-order valence-electron chi connectivity index (χ1n) is 8.68. The molecule has 0 aliphatic heterocycles. The van der Waals surface area contributed by atoms with E-state index in [9.17, 15) is 13.2 Å². The third kappa shape index (κ3) is 5.28. The summed E-state index contributed by atoms with van der Waals surface area (Å²) >= 11 is 5.15. The lowest BCUT2D eigenvalue weighted by Gasteiger charge is -2.18.